The molecule has 0 aromatic carbocycles. The van der Waals surface area contributed by atoms with Gasteiger partial charge in [-0.2, -0.15) is 0 Å². The highest BCUT2D eigenvalue weighted by atomic mass is 35.7. The number of carbonyl (C=O) groups is 1. The third-order valence-electron chi connectivity index (χ3n) is 3.33. The number of aryl methyl sites for hydroxylation is 1. The van der Waals surface area contributed by atoms with Crippen LogP contribution >= 0.6 is 22.0 Å². The van der Waals surface area contributed by atoms with Crippen LogP contribution in [0.3, 0.4) is 0 Å². The van der Waals surface area contributed by atoms with Crippen molar-refractivity contribution in [1.29, 1.82) is 0 Å². The smallest absolute Gasteiger partial charge is 0.270 e. The molecule has 2 aromatic heterocycles. The molecule has 0 spiro atoms. The quantitative estimate of drug-likeness (QED) is 0.811. The lowest BCUT2D eigenvalue weighted by molar-refractivity contribution is -0.117. The van der Waals surface area contributed by atoms with Crippen LogP contribution in [0.15, 0.2) is 20.9 Å². The number of aromatic nitrogens is 1. The summed E-state index contributed by atoms with van der Waals surface area (Å²) in [6.07, 6.45) is 5.14. The van der Waals surface area contributed by atoms with E-state index in [0.29, 0.717) is 22.0 Å². The third-order valence-corrected chi connectivity index (χ3v) is 6.47. The Balaban J connectivity index is 1.79. The van der Waals surface area contributed by atoms with Crippen LogP contribution in [-0.2, 0) is 13.8 Å². The predicted octanol–water partition coefficient (Wildman–Crippen LogP) is 3.49. The first-order valence-electron chi connectivity index (χ1n) is 6.84. The molecule has 2 aromatic rings. The molecule has 1 fully saturated rings. The maximum absolute atomic E-state index is 11.9. The Bertz CT molecular complexity index is 878. The third kappa shape index (κ3) is 3.82. The van der Waals surface area contributed by atoms with Gasteiger partial charge in [0.15, 0.2) is 5.76 Å². The van der Waals surface area contributed by atoms with Crippen molar-refractivity contribution >= 4 is 54.8 Å². The maximum atomic E-state index is 11.9. The molecule has 0 bridgehead atoms. The number of halogens is 1. The maximum Gasteiger partial charge on any atom is 0.270 e. The lowest BCUT2D eigenvalue weighted by Crippen LogP contribution is -2.14. The van der Waals surface area contributed by atoms with E-state index in [9.17, 15) is 13.2 Å². The molecular weight excluding hydrogens is 360 g/mol. The van der Waals surface area contributed by atoms with Gasteiger partial charge < -0.3 is 9.84 Å². The monoisotopic (exact) mass is 372 g/mol. The van der Waals surface area contributed by atoms with E-state index in [1.54, 1.807) is 25.1 Å². The Kier molecular flexibility index (Phi) is 4.31. The normalized spacial score (nSPS) is 15.2. The molecule has 2 heterocycles. The fraction of sp³-hybridized carbons (Fsp3) is 0.286. The number of hydrogen-bond acceptors (Lipinski definition) is 6. The van der Waals surface area contributed by atoms with Crippen molar-refractivity contribution in [3.8, 4) is 0 Å². The molecule has 0 saturated heterocycles. The van der Waals surface area contributed by atoms with E-state index < -0.39 is 9.05 Å². The molecule has 23 heavy (non-hydrogen) atoms. The summed E-state index contributed by atoms with van der Waals surface area (Å²) in [7, 11) is 1.57. The first-order chi connectivity index (χ1) is 10.8. The predicted molar refractivity (Wildman–Crippen MR) is 88.9 cm³/mol. The first kappa shape index (κ1) is 16.2. The minimum absolute atomic E-state index is 0.0300. The van der Waals surface area contributed by atoms with E-state index in [0.717, 1.165) is 24.2 Å². The summed E-state index contributed by atoms with van der Waals surface area (Å²) < 4.78 is 27.8. The van der Waals surface area contributed by atoms with Crippen molar-refractivity contribution in [1.82, 2.24) is 5.16 Å². The molecule has 1 N–H and O–H groups in total. The highest BCUT2D eigenvalue weighted by Gasteiger charge is 2.30. The fourth-order valence-electron chi connectivity index (χ4n) is 1.94. The zero-order chi connectivity index (χ0) is 16.6. The number of rotatable bonds is 5. The summed E-state index contributed by atoms with van der Waals surface area (Å²) in [5.41, 5.74) is 1.13. The molecule has 0 radical (unpaired) electrons. The van der Waals surface area contributed by atoms with Gasteiger partial charge in [-0.3, -0.25) is 4.79 Å². The van der Waals surface area contributed by atoms with Crippen LogP contribution in [0.1, 0.15) is 29.2 Å². The van der Waals surface area contributed by atoms with Crippen LogP contribution in [0, 0.1) is 12.8 Å². The van der Waals surface area contributed by atoms with E-state index in [1.165, 1.54) is 6.07 Å². The van der Waals surface area contributed by atoms with Crippen LogP contribution in [0.25, 0.3) is 12.2 Å². The van der Waals surface area contributed by atoms with Gasteiger partial charge in [-0.25, -0.2) is 8.42 Å². The van der Waals surface area contributed by atoms with Crippen molar-refractivity contribution in [3.05, 3.63) is 28.5 Å². The van der Waals surface area contributed by atoms with Gasteiger partial charge in [-0.1, -0.05) is 5.16 Å². The van der Waals surface area contributed by atoms with Crippen molar-refractivity contribution in [2.75, 3.05) is 5.32 Å². The van der Waals surface area contributed by atoms with Crippen molar-refractivity contribution in [2.24, 2.45) is 5.92 Å². The number of nitrogens with one attached hydrogen (secondary N) is 1. The van der Waals surface area contributed by atoms with Gasteiger partial charge in [0.2, 0.25) is 5.91 Å². The summed E-state index contributed by atoms with van der Waals surface area (Å²) in [5, 5.41) is 6.68. The summed E-state index contributed by atoms with van der Waals surface area (Å²) in [4.78, 5) is 12.6. The molecule has 1 amide bonds. The van der Waals surface area contributed by atoms with Gasteiger partial charge in [0, 0.05) is 21.5 Å². The molecule has 1 aliphatic carbocycles. The van der Waals surface area contributed by atoms with Crippen LogP contribution in [0.4, 0.5) is 5.69 Å². The number of thiophene rings is 1. The Hall–Kier alpha value is -1.64. The van der Waals surface area contributed by atoms with Gasteiger partial charge in [0.25, 0.3) is 9.05 Å². The van der Waals surface area contributed by atoms with E-state index in [1.807, 2.05) is 0 Å². The minimum atomic E-state index is -3.72. The van der Waals surface area contributed by atoms with Gasteiger partial charge >= 0.3 is 0 Å². The van der Waals surface area contributed by atoms with Crippen LogP contribution in [0.5, 0.6) is 0 Å². The molecule has 0 unspecified atom stereocenters. The van der Waals surface area contributed by atoms with Crippen LogP contribution in [0.2, 0.25) is 0 Å². The van der Waals surface area contributed by atoms with Crippen molar-refractivity contribution in [2.45, 2.75) is 24.0 Å². The average molecular weight is 373 g/mol. The molecule has 0 aliphatic heterocycles. The summed E-state index contributed by atoms with van der Waals surface area (Å²) in [6.45, 7) is 1.74. The van der Waals surface area contributed by atoms with E-state index in [2.05, 4.69) is 10.5 Å². The SMILES string of the molecule is Cc1noc(/C=C/c2ccc(S(=O)(=O)Cl)s2)c1NC(=O)C1CC1. The summed E-state index contributed by atoms with van der Waals surface area (Å²) >= 11 is 1.04. The van der Waals surface area contributed by atoms with Crippen molar-refractivity contribution < 1.29 is 17.7 Å². The van der Waals surface area contributed by atoms with Crippen LogP contribution < -0.4 is 5.32 Å². The van der Waals surface area contributed by atoms with Crippen molar-refractivity contribution in [3.63, 3.8) is 0 Å². The second kappa shape index (κ2) is 6.10. The van der Waals surface area contributed by atoms with E-state index in [4.69, 9.17) is 15.2 Å². The lowest BCUT2D eigenvalue weighted by atomic mass is 10.2. The Morgan fingerprint density at radius 3 is 2.78 bits per heavy atom. The van der Waals surface area contributed by atoms with Gasteiger partial charge in [-0.15, -0.1) is 11.3 Å². The number of nitrogens with zero attached hydrogens (tertiary/aromatic N) is 1. The molecule has 6 nitrogen and oxygen atoms in total. The van der Waals surface area contributed by atoms with E-state index >= 15 is 0 Å². The Morgan fingerprint density at radius 2 is 2.17 bits per heavy atom. The van der Waals surface area contributed by atoms with Gasteiger partial charge in [0.05, 0.1) is 0 Å². The number of carbonyl (C=O) groups excluding carboxylic acids is 1. The van der Waals surface area contributed by atoms with E-state index in [-0.39, 0.29) is 16.0 Å². The molecule has 3 rings (SSSR count). The van der Waals surface area contributed by atoms with Gasteiger partial charge in [-0.05, 0) is 44.1 Å². The minimum Gasteiger partial charge on any atom is -0.354 e. The highest BCUT2D eigenvalue weighted by molar-refractivity contribution is 8.15. The molecule has 0 atom stereocenters. The number of amides is 1. The molecule has 1 aliphatic rings. The molecule has 9 heteroatoms. The molecular formula is C14H13ClN2O4S2. The Labute approximate surface area is 141 Å². The number of hydrogen-bond donors (Lipinski definition) is 1. The lowest BCUT2D eigenvalue weighted by Gasteiger charge is -2.02. The van der Waals surface area contributed by atoms with Crippen LogP contribution in [-0.4, -0.2) is 19.5 Å². The second-order valence-corrected chi connectivity index (χ2v) is 9.11. The zero-order valence-corrected chi connectivity index (χ0v) is 14.5. The van der Waals surface area contributed by atoms with Gasteiger partial charge in [0.1, 0.15) is 15.6 Å². The topological polar surface area (TPSA) is 89.3 Å². The largest absolute Gasteiger partial charge is 0.354 e. The zero-order valence-electron chi connectivity index (χ0n) is 12.1. The summed E-state index contributed by atoms with van der Waals surface area (Å²) in [6, 6.07) is 3.08. The highest BCUT2D eigenvalue weighted by Crippen LogP contribution is 2.32. The first-order valence-corrected chi connectivity index (χ1v) is 9.97. The number of anilines is 1. The second-order valence-electron chi connectivity index (χ2n) is 5.20. The Morgan fingerprint density at radius 1 is 1.43 bits per heavy atom. The molecule has 122 valence electrons. The average Bonchev–Trinajstić information content (AvgIpc) is 3.12. The molecule has 1 saturated carbocycles. The summed E-state index contributed by atoms with van der Waals surface area (Å²) in [5.74, 6) is 0.465. The standard InChI is InChI=1S/C14H13ClN2O4S2/c1-8-13(16-14(18)9-2-3-9)11(21-17-8)6-4-10-5-7-12(22-10)23(15,19)20/h4-7,9H,2-3H2,1H3,(H,16,18)/b6-4+. The fourth-order valence-corrected chi connectivity index (χ4v) is 3.93.